The average molecular weight is 257 g/mol. The van der Waals surface area contributed by atoms with Crippen molar-refractivity contribution in [2.75, 3.05) is 6.54 Å². The molecule has 1 aliphatic carbocycles. The number of hydrogen-bond donors (Lipinski definition) is 0. The molecule has 2 fully saturated rings. The van der Waals surface area contributed by atoms with Crippen molar-refractivity contribution in [1.29, 1.82) is 0 Å². The van der Waals surface area contributed by atoms with E-state index in [4.69, 9.17) is 0 Å². The molecule has 1 unspecified atom stereocenters. The molecule has 1 aromatic rings. The number of aryl methyl sites for hydroxylation is 1. The Labute approximate surface area is 118 Å². The lowest BCUT2D eigenvalue weighted by atomic mass is 9.92. The van der Waals surface area contributed by atoms with Crippen LogP contribution >= 0.6 is 0 Å². The quantitative estimate of drug-likeness (QED) is 0.735. The van der Waals surface area contributed by atoms with Crippen molar-refractivity contribution in [2.45, 2.75) is 70.9 Å². The Hall–Kier alpha value is -0.820. The van der Waals surface area contributed by atoms with Crippen molar-refractivity contribution in [2.24, 2.45) is 0 Å². The van der Waals surface area contributed by atoms with Gasteiger partial charge in [0, 0.05) is 11.6 Å². The van der Waals surface area contributed by atoms with Crippen LogP contribution < -0.4 is 0 Å². The number of benzene rings is 1. The minimum Gasteiger partial charge on any atom is -0.291 e. The van der Waals surface area contributed by atoms with Crippen LogP contribution in [0.1, 0.15) is 75.1 Å². The Kier molecular flexibility index (Phi) is 3.21. The lowest BCUT2D eigenvalue weighted by Crippen LogP contribution is -2.40. The first-order chi connectivity index (χ1) is 8.97. The maximum absolute atomic E-state index is 2.71. The summed E-state index contributed by atoms with van der Waals surface area (Å²) in [6, 6.07) is 7.82. The summed E-state index contributed by atoms with van der Waals surface area (Å²) >= 11 is 0. The van der Waals surface area contributed by atoms with E-state index in [1.807, 2.05) is 0 Å². The molecule has 0 spiro atoms. The SMILES string of the molecule is Cc1ccc(C2CCCN2C(C)(C)C)c(C2CC2)c1. The van der Waals surface area contributed by atoms with E-state index < -0.39 is 0 Å². The fraction of sp³-hybridized carbons (Fsp3) is 0.667. The monoisotopic (exact) mass is 257 g/mol. The average Bonchev–Trinajstić information content (AvgIpc) is 3.05. The third-order valence-electron chi connectivity index (χ3n) is 4.73. The van der Waals surface area contributed by atoms with Gasteiger partial charge in [0.2, 0.25) is 0 Å². The standard InChI is InChI=1S/C18H27N/c1-13-7-10-15(16(12-13)14-8-9-14)17-6-5-11-19(17)18(2,3)4/h7,10,12,14,17H,5-6,8-9,11H2,1-4H3. The summed E-state index contributed by atoms with van der Waals surface area (Å²) in [5.41, 5.74) is 4.99. The molecule has 0 bridgehead atoms. The fourth-order valence-corrected chi connectivity index (χ4v) is 3.64. The zero-order valence-corrected chi connectivity index (χ0v) is 12.9. The molecular formula is C18H27N. The molecule has 1 saturated heterocycles. The zero-order chi connectivity index (χ0) is 13.6. The molecule has 1 nitrogen and oxygen atoms in total. The molecule has 19 heavy (non-hydrogen) atoms. The van der Waals surface area contributed by atoms with Crippen molar-refractivity contribution in [3.8, 4) is 0 Å². The lowest BCUT2D eigenvalue weighted by molar-refractivity contribution is 0.121. The molecule has 104 valence electrons. The zero-order valence-electron chi connectivity index (χ0n) is 12.9. The fourth-order valence-electron chi connectivity index (χ4n) is 3.64. The van der Waals surface area contributed by atoms with Gasteiger partial charge in [-0.3, -0.25) is 4.90 Å². The van der Waals surface area contributed by atoms with Crippen LogP contribution in [0.3, 0.4) is 0 Å². The third-order valence-corrected chi connectivity index (χ3v) is 4.73. The minimum absolute atomic E-state index is 0.285. The number of rotatable bonds is 2. The molecule has 0 amide bonds. The predicted octanol–water partition coefficient (Wildman–Crippen LogP) is 4.81. The van der Waals surface area contributed by atoms with Crippen molar-refractivity contribution in [3.05, 3.63) is 34.9 Å². The highest BCUT2D eigenvalue weighted by Gasteiger charge is 2.37. The van der Waals surface area contributed by atoms with Crippen LogP contribution in [0.15, 0.2) is 18.2 Å². The van der Waals surface area contributed by atoms with Gasteiger partial charge in [-0.2, -0.15) is 0 Å². The lowest BCUT2D eigenvalue weighted by Gasteiger charge is -2.38. The van der Waals surface area contributed by atoms with Crippen LogP contribution in [-0.4, -0.2) is 17.0 Å². The van der Waals surface area contributed by atoms with Crippen LogP contribution in [0.5, 0.6) is 0 Å². The maximum atomic E-state index is 2.71. The van der Waals surface area contributed by atoms with E-state index in [0.29, 0.717) is 6.04 Å². The molecular weight excluding hydrogens is 230 g/mol. The van der Waals surface area contributed by atoms with Gasteiger partial charge >= 0.3 is 0 Å². The van der Waals surface area contributed by atoms with Crippen LogP contribution in [0.25, 0.3) is 0 Å². The van der Waals surface area contributed by atoms with Gasteiger partial charge in [0.05, 0.1) is 0 Å². The number of hydrogen-bond acceptors (Lipinski definition) is 1. The van der Waals surface area contributed by atoms with Gasteiger partial charge in [0.25, 0.3) is 0 Å². The van der Waals surface area contributed by atoms with Crippen LogP contribution in [0, 0.1) is 6.92 Å². The normalized spacial score (nSPS) is 24.9. The summed E-state index contributed by atoms with van der Waals surface area (Å²) in [5, 5.41) is 0. The highest BCUT2D eigenvalue weighted by molar-refractivity contribution is 5.39. The first-order valence-corrected chi connectivity index (χ1v) is 7.84. The van der Waals surface area contributed by atoms with E-state index in [2.05, 4.69) is 50.8 Å². The van der Waals surface area contributed by atoms with E-state index in [9.17, 15) is 0 Å². The Balaban J connectivity index is 1.97. The van der Waals surface area contributed by atoms with Gasteiger partial charge in [-0.15, -0.1) is 0 Å². The largest absolute Gasteiger partial charge is 0.291 e. The van der Waals surface area contributed by atoms with Crippen LogP contribution in [0.2, 0.25) is 0 Å². The van der Waals surface area contributed by atoms with Crippen molar-refractivity contribution >= 4 is 0 Å². The van der Waals surface area contributed by atoms with E-state index >= 15 is 0 Å². The Morgan fingerprint density at radius 2 is 1.79 bits per heavy atom. The second-order valence-electron chi connectivity index (χ2n) is 7.43. The molecule has 3 rings (SSSR count). The van der Waals surface area contributed by atoms with E-state index in [1.54, 1.807) is 11.1 Å². The number of nitrogens with zero attached hydrogens (tertiary/aromatic N) is 1. The van der Waals surface area contributed by atoms with Gasteiger partial charge < -0.3 is 0 Å². The van der Waals surface area contributed by atoms with Crippen LogP contribution in [-0.2, 0) is 0 Å². The van der Waals surface area contributed by atoms with Gasteiger partial charge in [0.15, 0.2) is 0 Å². The second kappa shape index (κ2) is 4.63. The summed E-state index contributed by atoms with van der Waals surface area (Å²) in [5.74, 6) is 0.859. The summed E-state index contributed by atoms with van der Waals surface area (Å²) in [4.78, 5) is 2.71. The smallest absolute Gasteiger partial charge is 0.0356 e. The maximum Gasteiger partial charge on any atom is 0.0356 e. The van der Waals surface area contributed by atoms with Gasteiger partial charge in [0.1, 0.15) is 0 Å². The van der Waals surface area contributed by atoms with E-state index in [1.165, 1.54) is 37.8 Å². The highest BCUT2D eigenvalue weighted by Crippen LogP contribution is 2.47. The molecule has 0 radical (unpaired) electrons. The first-order valence-electron chi connectivity index (χ1n) is 7.84. The molecule has 1 aliphatic heterocycles. The Bertz CT molecular complexity index is 465. The molecule has 1 atom stereocenters. The second-order valence-corrected chi connectivity index (χ2v) is 7.43. The Morgan fingerprint density at radius 3 is 2.42 bits per heavy atom. The van der Waals surface area contributed by atoms with Gasteiger partial charge in [-0.25, -0.2) is 0 Å². The topological polar surface area (TPSA) is 3.24 Å². The Morgan fingerprint density at radius 1 is 1.05 bits per heavy atom. The van der Waals surface area contributed by atoms with Gasteiger partial charge in [-0.05, 0) is 77.0 Å². The summed E-state index contributed by atoms with van der Waals surface area (Å²) in [6.07, 6.45) is 5.48. The molecule has 1 heterocycles. The van der Waals surface area contributed by atoms with E-state index in [-0.39, 0.29) is 5.54 Å². The van der Waals surface area contributed by atoms with Crippen molar-refractivity contribution in [3.63, 3.8) is 0 Å². The van der Waals surface area contributed by atoms with Crippen LogP contribution in [0.4, 0.5) is 0 Å². The first kappa shape index (κ1) is 13.2. The molecule has 1 heteroatoms. The van der Waals surface area contributed by atoms with Gasteiger partial charge in [-0.1, -0.05) is 23.8 Å². The van der Waals surface area contributed by atoms with E-state index in [0.717, 1.165) is 5.92 Å². The molecule has 0 aromatic heterocycles. The molecule has 0 N–H and O–H groups in total. The summed E-state index contributed by atoms with van der Waals surface area (Å²) in [7, 11) is 0. The third kappa shape index (κ3) is 2.58. The number of likely N-dealkylation sites (tertiary alicyclic amines) is 1. The molecule has 1 saturated carbocycles. The predicted molar refractivity (Wildman–Crippen MR) is 81.6 cm³/mol. The van der Waals surface area contributed by atoms with Crippen molar-refractivity contribution < 1.29 is 0 Å². The summed E-state index contributed by atoms with van der Waals surface area (Å²) in [6.45, 7) is 10.6. The molecule has 1 aromatic carbocycles. The summed E-state index contributed by atoms with van der Waals surface area (Å²) < 4.78 is 0. The highest BCUT2D eigenvalue weighted by atomic mass is 15.2. The minimum atomic E-state index is 0.285. The van der Waals surface area contributed by atoms with Crippen molar-refractivity contribution in [1.82, 2.24) is 4.90 Å². The molecule has 2 aliphatic rings.